The first-order valence-electron chi connectivity index (χ1n) is 25.2. The molecule has 0 saturated carbocycles. The smallest absolute Gasteiger partial charge is 0.407 e. The molecule has 3 atom stereocenters. The number of hydrogen-bond acceptors (Lipinski definition) is 10. The average molecular weight is 971 g/mol. The van der Waals surface area contributed by atoms with Crippen LogP contribution in [0.3, 0.4) is 0 Å². The minimum atomic E-state index is -1.47. The predicted molar refractivity (Wildman–Crippen MR) is 261 cm³/mol. The predicted octanol–water partition coefficient (Wildman–Crippen LogP) is 7.13. The highest BCUT2D eigenvalue weighted by atomic mass is 16.6. The molecule has 3 unspecified atom stereocenters. The SMILES string of the molecule is CCCCCCCCCCCC(=O)NCCCCCCNC(=O)C(CCCCNC(=O)OC(C)(C)C)NC(=O)C(CCCCNC(=O)OC(C)(C)C)NC(=O)C(CCCCNC(=O)O)NC(=O)O. The standard InChI is InChI=1S/C48H90N8O12/c1-8-9-10-11-12-13-14-15-18-30-39(57)49-31-22-16-17-23-32-50-40(58)36(27-20-25-34-52-45(65)67-47(2,3)4)54-41(59)37(28-21-26-35-53-46(66)68-48(5,6)7)55-42(60)38(56-44(63)64)29-19-24-33-51-43(61)62/h36-38,51,56H,8-35H2,1-7H3,(H,49,57)(H,50,58)(H,52,65)(H,53,66)(H,54,59)(H,55,60)(H,61,62)(H,63,64). The van der Waals surface area contributed by atoms with Gasteiger partial charge in [-0.15, -0.1) is 0 Å². The van der Waals surface area contributed by atoms with Gasteiger partial charge in [0.2, 0.25) is 23.6 Å². The summed E-state index contributed by atoms with van der Waals surface area (Å²) >= 11 is 0. The second kappa shape index (κ2) is 37.9. The van der Waals surface area contributed by atoms with Crippen LogP contribution in [0.1, 0.15) is 196 Å². The Labute approximate surface area is 405 Å². The molecule has 0 aromatic rings. The molecule has 0 fully saturated rings. The molecule has 0 aromatic heterocycles. The lowest BCUT2D eigenvalue weighted by atomic mass is 10.0. The monoisotopic (exact) mass is 971 g/mol. The maximum absolute atomic E-state index is 14.0. The summed E-state index contributed by atoms with van der Waals surface area (Å²) < 4.78 is 10.6. The molecule has 0 aliphatic heterocycles. The van der Waals surface area contributed by atoms with Gasteiger partial charge in [-0.2, -0.15) is 0 Å². The largest absolute Gasteiger partial charge is 0.465 e. The molecule has 0 aromatic carbocycles. The normalized spacial score (nSPS) is 12.6. The third kappa shape index (κ3) is 39.0. The van der Waals surface area contributed by atoms with Crippen LogP contribution in [0.15, 0.2) is 0 Å². The Hall–Kier alpha value is -5.04. The van der Waals surface area contributed by atoms with E-state index in [9.17, 15) is 43.5 Å². The highest BCUT2D eigenvalue weighted by molar-refractivity contribution is 5.93. The fraction of sp³-hybridized carbons (Fsp3) is 0.833. The second-order valence-corrected chi connectivity index (χ2v) is 19.3. The summed E-state index contributed by atoms with van der Waals surface area (Å²) in [5.41, 5.74) is -1.38. The summed E-state index contributed by atoms with van der Waals surface area (Å²) in [5, 5.41) is 39.4. The van der Waals surface area contributed by atoms with Gasteiger partial charge in [0.15, 0.2) is 0 Å². The van der Waals surface area contributed by atoms with E-state index < -0.39 is 71.4 Å². The summed E-state index contributed by atoms with van der Waals surface area (Å²) in [6.07, 6.45) is 13.1. The molecule has 0 aliphatic rings. The van der Waals surface area contributed by atoms with Gasteiger partial charge in [-0.05, 0) is 119 Å². The molecule has 0 saturated heterocycles. The second-order valence-electron chi connectivity index (χ2n) is 19.3. The number of alkyl carbamates (subject to hydrolysis) is 2. The van der Waals surface area contributed by atoms with Crippen LogP contribution in [0.2, 0.25) is 0 Å². The van der Waals surface area contributed by atoms with Crippen LogP contribution in [-0.4, -0.2) is 120 Å². The quantitative estimate of drug-likeness (QED) is 0.0277. The van der Waals surface area contributed by atoms with Crippen LogP contribution in [-0.2, 0) is 28.7 Å². The summed E-state index contributed by atoms with van der Waals surface area (Å²) in [7, 11) is 0. The number of nitrogens with one attached hydrogen (secondary N) is 8. The van der Waals surface area contributed by atoms with Gasteiger partial charge in [-0.3, -0.25) is 19.2 Å². The molecule has 0 rings (SSSR count). The third-order valence-corrected chi connectivity index (χ3v) is 10.5. The first kappa shape index (κ1) is 63.0. The molecule has 0 aliphatic carbocycles. The van der Waals surface area contributed by atoms with Gasteiger partial charge in [-0.1, -0.05) is 71.1 Å². The first-order chi connectivity index (χ1) is 32.1. The third-order valence-electron chi connectivity index (χ3n) is 10.5. The van der Waals surface area contributed by atoms with Crippen molar-refractivity contribution in [1.29, 1.82) is 0 Å². The van der Waals surface area contributed by atoms with E-state index in [4.69, 9.17) is 14.6 Å². The van der Waals surface area contributed by atoms with Gasteiger partial charge in [-0.25, -0.2) is 19.2 Å². The van der Waals surface area contributed by atoms with Crippen LogP contribution in [0, 0.1) is 0 Å². The van der Waals surface area contributed by atoms with E-state index in [-0.39, 0.29) is 51.2 Å². The lowest BCUT2D eigenvalue weighted by Crippen LogP contribution is -2.56. The maximum atomic E-state index is 14.0. The Kier molecular flexibility index (Phi) is 35.1. The number of ether oxygens (including phenoxy) is 2. The summed E-state index contributed by atoms with van der Waals surface area (Å²) in [5.74, 6) is -1.82. The zero-order valence-corrected chi connectivity index (χ0v) is 42.5. The molecule has 394 valence electrons. The maximum Gasteiger partial charge on any atom is 0.407 e. The molecule has 8 amide bonds. The Morgan fingerprint density at radius 3 is 1.18 bits per heavy atom. The molecule has 0 heterocycles. The minimum absolute atomic E-state index is 0.0178. The number of unbranched alkanes of at least 4 members (excludes halogenated alkanes) is 14. The molecule has 0 bridgehead atoms. The van der Waals surface area contributed by atoms with E-state index in [1.807, 2.05) is 0 Å². The van der Waals surface area contributed by atoms with Crippen molar-refractivity contribution in [2.75, 3.05) is 32.7 Å². The van der Waals surface area contributed by atoms with Gasteiger partial charge < -0.3 is 62.2 Å². The van der Waals surface area contributed by atoms with Crippen LogP contribution >= 0.6 is 0 Å². The topological polar surface area (TPSA) is 292 Å². The first-order valence-corrected chi connectivity index (χ1v) is 25.2. The highest BCUT2D eigenvalue weighted by Gasteiger charge is 2.29. The zero-order chi connectivity index (χ0) is 51.2. The van der Waals surface area contributed by atoms with Crippen molar-refractivity contribution < 1.29 is 58.0 Å². The fourth-order valence-electron chi connectivity index (χ4n) is 6.98. The lowest BCUT2D eigenvalue weighted by Gasteiger charge is -2.25. The Morgan fingerprint density at radius 2 is 0.750 bits per heavy atom. The molecule has 68 heavy (non-hydrogen) atoms. The fourth-order valence-corrected chi connectivity index (χ4v) is 6.98. The molecular weight excluding hydrogens is 881 g/mol. The molecule has 10 N–H and O–H groups in total. The van der Waals surface area contributed by atoms with Crippen molar-refractivity contribution in [1.82, 2.24) is 42.5 Å². The van der Waals surface area contributed by atoms with Crippen molar-refractivity contribution in [2.24, 2.45) is 0 Å². The van der Waals surface area contributed by atoms with Gasteiger partial charge in [0.1, 0.15) is 29.3 Å². The van der Waals surface area contributed by atoms with Crippen LogP contribution in [0.25, 0.3) is 0 Å². The molecule has 0 radical (unpaired) electrons. The van der Waals surface area contributed by atoms with E-state index in [1.165, 1.54) is 44.9 Å². The van der Waals surface area contributed by atoms with Gasteiger partial charge >= 0.3 is 24.4 Å². The summed E-state index contributed by atoms with van der Waals surface area (Å²) in [6, 6.07) is -3.49. The van der Waals surface area contributed by atoms with E-state index in [0.717, 1.165) is 32.1 Å². The number of carbonyl (C=O) groups excluding carboxylic acids is 6. The summed E-state index contributed by atoms with van der Waals surface area (Å²) in [4.78, 5) is 100. The summed E-state index contributed by atoms with van der Waals surface area (Å²) in [6.45, 7) is 14.2. The van der Waals surface area contributed by atoms with Crippen molar-refractivity contribution >= 4 is 48.0 Å². The lowest BCUT2D eigenvalue weighted by molar-refractivity contribution is -0.133. The van der Waals surface area contributed by atoms with Crippen molar-refractivity contribution in [3.05, 3.63) is 0 Å². The van der Waals surface area contributed by atoms with Gasteiger partial charge in [0.05, 0.1) is 0 Å². The van der Waals surface area contributed by atoms with Crippen molar-refractivity contribution in [3.63, 3.8) is 0 Å². The van der Waals surface area contributed by atoms with Gasteiger partial charge in [0.25, 0.3) is 0 Å². The molecule has 0 spiro atoms. The molecule has 20 heteroatoms. The number of hydrogen-bond donors (Lipinski definition) is 10. The van der Waals surface area contributed by atoms with Crippen molar-refractivity contribution in [3.8, 4) is 0 Å². The molecular formula is C48H90N8O12. The Morgan fingerprint density at radius 1 is 0.397 bits per heavy atom. The number of carboxylic acid groups (broad SMARTS) is 2. The minimum Gasteiger partial charge on any atom is -0.465 e. The van der Waals surface area contributed by atoms with E-state index in [0.29, 0.717) is 58.0 Å². The van der Waals surface area contributed by atoms with Gasteiger partial charge in [0, 0.05) is 39.1 Å². The van der Waals surface area contributed by atoms with E-state index >= 15 is 0 Å². The average Bonchev–Trinajstić information content (AvgIpc) is 3.23. The Bertz CT molecular complexity index is 1470. The zero-order valence-electron chi connectivity index (χ0n) is 42.5. The molecule has 20 nitrogen and oxygen atoms in total. The number of rotatable bonds is 38. The number of amides is 8. The van der Waals surface area contributed by atoms with E-state index in [1.54, 1.807) is 41.5 Å². The highest BCUT2D eigenvalue weighted by Crippen LogP contribution is 2.13. The van der Waals surface area contributed by atoms with Crippen LogP contribution in [0.4, 0.5) is 19.2 Å². The van der Waals surface area contributed by atoms with Crippen molar-refractivity contribution in [2.45, 2.75) is 225 Å². The Balaban J connectivity index is 5.59. The van der Waals surface area contributed by atoms with E-state index in [2.05, 4.69) is 49.5 Å². The van der Waals surface area contributed by atoms with Crippen LogP contribution < -0.4 is 42.5 Å². The number of carbonyl (C=O) groups is 8. The van der Waals surface area contributed by atoms with Crippen LogP contribution in [0.5, 0.6) is 0 Å².